The van der Waals surface area contributed by atoms with Gasteiger partial charge in [0.2, 0.25) is 0 Å². The van der Waals surface area contributed by atoms with Crippen molar-refractivity contribution in [1.82, 2.24) is 10.7 Å². The summed E-state index contributed by atoms with van der Waals surface area (Å²) in [5.41, 5.74) is 2.77. The molecule has 64 valence electrons. The molecule has 2 rings (SSSR count). The summed E-state index contributed by atoms with van der Waals surface area (Å²) in [6.07, 6.45) is 1.56. The van der Waals surface area contributed by atoms with Crippen molar-refractivity contribution < 1.29 is 4.84 Å². The standard InChI is InChI=1S/C6H8N4OS/c1-11-9-5-7-8-10(9)6-3-2-4-12-6/h2-5,8H,1H3. The summed E-state index contributed by atoms with van der Waals surface area (Å²) < 4.78 is 0. The van der Waals surface area contributed by atoms with Gasteiger partial charge < -0.3 is 0 Å². The molecule has 0 radical (unpaired) electrons. The summed E-state index contributed by atoms with van der Waals surface area (Å²) in [5, 5.41) is 10.0. The van der Waals surface area contributed by atoms with Gasteiger partial charge in [-0.15, -0.1) is 26.7 Å². The van der Waals surface area contributed by atoms with E-state index in [9.17, 15) is 0 Å². The van der Waals surface area contributed by atoms with Crippen LogP contribution >= 0.6 is 11.3 Å². The molecule has 1 aliphatic rings. The average Bonchev–Trinajstić information content (AvgIpc) is 2.74. The largest absolute Gasteiger partial charge is 0.254 e. The number of rotatable bonds is 2. The van der Waals surface area contributed by atoms with E-state index in [1.807, 2.05) is 17.5 Å². The lowest BCUT2D eigenvalue weighted by Crippen LogP contribution is -2.41. The second-order valence-electron chi connectivity index (χ2n) is 2.09. The van der Waals surface area contributed by atoms with Crippen molar-refractivity contribution in [3.05, 3.63) is 17.5 Å². The normalized spacial score (nSPS) is 15.4. The van der Waals surface area contributed by atoms with E-state index in [2.05, 4.69) is 10.6 Å². The fourth-order valence-corrected chi connectivity index (χ4v) is 1.57. The zero-order valence-electron chi connectivity index (χ0n) is 6.47. The second kappa shape index (κ2) is 3.00. The van der Waals surface area contributed by atoms with Crippen molar-refractivity contribution in [3.63, 3.8) is 0 Å². The SMILES string of the molecule is CON1C=NNN1c1cccs1. The highest BCUT2D eigenvalue weighted by molar-refractivity contribution is 7.14. The summed E-state index contributed by atoms with van der Waals surface area (Å²) in [7, 11) is 1.58. The maximum Gasteiger partial charge on any atom is 0.164 e. The van der Waals surface area contributed by atoms with Crippen LogP contribution in [-0.2, 0) is 4.84 Å². The van der Waals surface area contributed by atoms with Crippen molar-refractivity contribution in [2.24, 2.45) is 5.10 Å². The Balaban J connectivity index is 2.15. The van der Waals surface area contributed by atoms with Crippen LogP contribution in [0.15, 0.2) is 22.6 Å². The topological polar surface area (TPSA) is 40.1 Å². The van der Waals surface area contributed by atoms with Gasteiger partial charge in [-0.1, -0.05) is 0 Å². The summed E-state index contributed by atoms with van der Waals surface area (Å²) in [4.78, 5) is 5.00. The highest BCUT2D eigenvalue weighted by Gasteiger charge is 2.17. The molecule has 0 aliphatic carbocycles. The lowest BCUT2D eigenvalue weighted by molar-refractivity contribution is -0.0684. The Morgan fingerprint density at radius 1 is 1.67 bits per heavy atom. The van der Waals surface area contributed by atoms with E-state index < -0.39 is 0 Å². The minimum Gasteiger partial charge on any atom is -0.254 e. The molecule has 2 heterocycles. The molecular weight excluding hydrogens is 176 g/mol. The molecule has 0 saturated carbocycles. The Kier molecular flexibility index (Phi) is 1.84. The van der Waals surface area contributed by atoms with E-state index in [4.69, 9.17) is 4.84 Å². The first kappa shape index (κ1) is 7.38. The fourth-order valence-electron chi connectivity index (χ4n) is 0.891. The van der Waals surface area contributed by atoms with Gasteiger partial charge in [0.1, 0.15) is 5.00 Å². The molecule has 0 amide bonds. The predicted octanol–water partition coefficient (Wildman–Crippen LogP) is 0.794. The van der Waals surface area contributed by atoms with Crippen molar-refractivity contribution in [2.45, 2.75) is 0 Å². The molecule has 6 heteroatoms. The molecule has 0 unspecified atom stereocenters. The molecule has 0 saturated heterocycles. The third kappa shape index (κ3) is 1.10. The number of hydroxylamine groups is 1. The molecule has 12 heavy (non-hydrogen) atoms. The van der Waals surface area contributed by atoms with Crippen LogP contribution in [0.25, 0.3) is 0 Å². The average molecular weight is 184 g/mol. The van der Waals surface area contributed by atoms with Gasteiger partial charge in [0, 0.05) is 0 Å². The van der Waals surface area contributed by atoms with E-state index in [0.29, 0.717) is 0 Å². The first-order valence-electron chi connectivity index (χ1n) is 3.37. The zero-order valence-corrected chi connectivity index (χ0v) is 7.28. The monoisotopic (exact) mass is 184 g/mol. The van der Waals surface area contributed by atoms with Crippen LogP contribution in [0.3, 0.4) is 0 Å². The van der Waals surface area contributed by atoms with Gasteiger partial charge >= 0.3 is 0 Å². The Bertz CT molecular complexity index is 273. The van der Waals surface area contributed by atoms with E-state index >= 15 is 0 Å². The first-order chi connectivity index (χ1) is 5.92. The number of hydrogen-bond donors (Lipinski definition) is 1. The Labute approximate surface area is 73.7 Å². The van der Waals surface area contributed by atoms with Crippen molar-refractivity contribution in [1.29, 1.82) is 0 Å². The van der Waals surface area contributed by atoms with Crippen LogP contribution in [0.4, 0.5) is 5.00 Å². The molecule has 0 spiro atoms. The summed E-state index contributed by atoms with van der Waals surface area (Å²) in [6, 6.07) is 3.94. The van der Waals surface area contributed by atoms with E-state index in [1.165, 1.54) is 5.17 Å². The van der Waals surface area contributed by atoms with E-state index in [0.717, 1.165) is 5.00 Å². The molecule has 1 aromatic rings. The lowest BCUT2D eigenvalue weighted by atomic mass is 10.6. The third-order valence-electron chi connectivity index (χ3n) is 1.41. The molecule has 0 aromatic carbocycles. The van der Waals surface area contributed by atoms with Crippen LogP contribution in [0, 0.1) is 0 Å². The summed E-state index contributed by atoms with van der Waals surface area (Å²) >= 11 is 1.60. The number of hydrogen-bond acceptors (Lipinski definition) is 6. The van der Waals surface area contributed by atoms with Crippen LogP contribution in [0.2, 0.25) is 0 Å². The lowest BCUT2D eigenvalue weighted by Gasteiger charge is -2.23. The molecular formula is C6H8N4OS. The number of nitrogens with one attached hydrogen (secondary N) is 1. The minimum absolute atomic E-state index is 1.02. The maximum absolute atomic E-state index is 5.00. The molecule has 0 bridgehead atoms. The maximum atomic E-state index is 5.00. The third-order valence-corrected chi connectivity index (χ3v) is 2.25. The Hall–Kier alpha value is -1.27. The Morgan fingerprint density at radius 3 is 3.25 bits per heavy atom. The number of hydrazone groups is 1. The van der Waals surface area contributed by atoms with Crippen LogP contribution in [-0.4, -0.2) is 18.6 Å². The summed E-state index contributed by atoms with van der Waals surface area (Å²) in [5.74, 6) is 0. The predicted molar refractivity (Wildman–Crippen MR) is 47.3 cm³/mol. The quantitative estimate of drug-likeness (QED) is 0.737. The van der Waals surface area contributed by atoms with Gasteiger partial charge in [0.05, 0.1) is 7.11 Å². The zero-order chi connectivity index (χ0) is 8.39. The van der Waals surface area contributed by atoms with Gasteiger partial charge in [-0.3, -0.25) is 4.84 Å². The first-order valence-corrected chi connectivity index (χ1v) is 4.25. The van der Waals surface area contributed by atoms with Gasteiger partial charge in [0.25, 0.3) is 0 Å². The van der Waals surface area contributed by atoms with Crippen LogP contribution in [0.5, 0.6) is 0 Å². The molecule has 1 aliphatic heterocycles. The number of hydrazine groups is 2. The van der Waals surface area contributed by atoms with Gasteiger partial charge in [0.15, 0.2) is 6.34 Å². The van der Waals surface area contributed by atoms with Gasteiger partial charge in [-0.25, -0.2) is 0 Å². The van der Waals surface area contributed by atoms with Gasteiger partial charge in [-0.05, 0) is 17.5 Å². The van der Waals surface area contributed by atoms with Crippen LogP contribution < -0.4 is 10.7 Å². The Morgan fingerprint density at radius 2 is 2.58 bits per heavy atom. The molecule has 0 atom stereocenters. The molecule has 1 aromatic heterocycles. The summed E-state index contributed by atoms with van der Waals surface area (Å²) in [6.45, 7) is 0. The fraction of sp³-hybridized carbons (Fsp3) is 0.167. The highest BCUT2D eigenvalue weighted by atomic mass is 32.1. The number of thiophene rings is 1. The van der Waals surface area contributed by atoms with E-state index in [-0.39, 0.29) is 0 Å². The van der Waals surface area contributed by atoms with Gasteiger partial charge in [-0.2, -0.15) is 5.53 Å². The highest BCUT2D eigenvalue weighted by Crippen LogP contribution is 2.21. The van der Waals surface area contributed by atoms with Crippen molar-refractivity contribution >= 4 is 22.7 Å². The minimum atomic E-state index is 1.02. The van der Waals surface area contributed by atoms with E-state index in [1.54, 1.807) is 29.9 Å². The smallest absolute Gasteiger partial charge is 0.164 e. The number of nitrogens with zero attached hydrogens (tertiary/aromatic N) is 3. The van der Waals surface area contributed by atoms with Crippen molar-refractivity contribution in [2.75, 3.05) is 12.2 Å². The van der Waals surface area contributed by atoms with Crippen LogP contribution in [0.1, 0.15) is 0 Å². The number of anilines is 1. The molecule has 1 N–H and O–H groups in total. The van der Waals surface area contributed by atoms with Crippen molar-refractivity contribution in [3.8, 4) is 0 Å². The molecule has 0 fully saturated rings. The second-order valence-corrected chi connectivity index (χ2v) is 3.02. The molecule has 5 nitrogen and oxygen atoms in total.